The summed E-state index contributed by atoms with van der Waals surface area (Å²) in [7, 11) is 3.58. The van der Waals surface area contributed by atoms with Gasteiger partial charge in [0.1, 0.15) is 0 Å². The lowest BCUT2D eigenvalue weighted by Gasteiger charge is -2.42. The number of rotatable bonds is 16. The second-order valence-corrected chi connectivity index (χ2v) is 8.60. The average molecular weight is 361 g/mol. The van der Waals surface area contributed by atoms with Gasteiger partial charge in [-0.1, -0.05) is 85.5 Å². The van der Waals surface area contributed by atoms with Gasteiger partial charge in [-0.2, -0.15) is 0 Å². The smallest absolute Gasteiger partial charge is 0.270 e. The molecule has 1 heterocycles. The largest absolute Gasteiger partial charge is 0.363 e. The summed E-state index contributed by atoms with van der Waals surface area (Å²) in [6, 6.07) is 0. The van der Waals surface area contributed by atoms with Crippen LogP contribution in [0.25, 0.3) is 0 Å². The van der Waals surface area contributed by atoms with Crippen LogP contribution in [-0.2, 0) is 0 Å². The monoisotopic (exact) mass is 361 g/mol. The van der Waals surface area contributed by atoms with Gasteiger partial charge < -0.3 is 14.2 Å². The van der Waals surface area contributed by atoms with Crippen LogP contribution in [0, 0.1) is 5.92 Å². The van der Waals surface area contributed by atoms with Gasteiger partial charge in [-0.15, -0.1) is 0 Å². The van der Waals surface area contributed by atoms with E-state index in [1.807, 2.05) is 0 Å². The van der Waals surface area contributed by atoms with Crippen LogP contribution in [0.5, 0.6) is 0 Å². The highest BCUT2D eigenvalue weighted by molar-refractivity contribution is 6.64. The molecule has 150 valence electrons. The molecule has 1 atom stereocenters. The van der Waals surface area contributed by atoms with E-state index in [2.05, 4.69) is 41.9 Å². The Labute approximate surface area is 167 Å². The first-order valence-corrected chi connectivity index (χ1v) is 11.9. The molecule has 0 aromatic rings. The maximum atomic E-state index is 2.74. The van der Waals surface area contributed by atoms with Crippen molar-refractivity contribution < 1.29 is 0 Å². The zero-order valence-electron chi connectivity index (χ0n) is 18.6. The lowest BCUT2D eigenvalue weighted by atomic mass is 9.72. The van der Waals surface area contributed by atoms with Crippen molar-refractivity contribution in [2.75, 3.05) is 19.6 Å². The van der Waals surface area contributed by atoms with Crippen molar-refractivity contribution in [3.63, 3.8) is 0 Å². The Bertz CT molecular complexity index is 301. The van der Waals surface area contributed by atoms with E-state index in [0.29, 0.717) is 0 Å². The molecule has 0 bridgehead atoms. The molecule has 0 aromatic carbocycles. The third-order valence-electron chi connectivity index (χ3n) is 5.92. The van der Waals surface area contributed by atoms with Gasteiger partial charge in [0.15, 0.2) is 0 Å². The first kappa shape index (κ1) is 24.1. The van der Waals surface area contributed by atoms with Crippen molar-refractivity contribution in [2.24, 2.45) is 5.92 Å². The number of hydrogen-bond donors (Lipinski definition) is 0. The summed E-state index contributed by atoms with van der Waals surface area (Å²) < 4.78 is 8.17. The fraction of sp³-hybridized carbons (Fsp3) is 1.00. The second kappa shape index (κ2) is 16.1. The summed E-state index contributed by atoms with van der Waals surface area (Å²) in [4.78, 5) is 0. The molecule has 1 aliphatic heterocycles. The average Bonchev–Trinajstić information content (AvgIpc) is 2.65. The van der Waals surface area contributed by atoms with Crippen molar-refractivity contribution in [2.45, 2.75) is 105 Å². The van der Waals surface area contributed by atoms with E-state index in [9.17, 15) is 0 Å². The Morgan fingerprint density at radius 1 is 0.577 bits per heavy atom. The molecule has 0 aromatic heterocycles. The molecule has 0 amide bonds. The van der Waals surface area contributed by atoms with Gasteiger partial charge in [0.25, 0.3) is 22.6 Å². The van der Waals surface area contributed by atoms with Crippen LogP contribution < -0.4 is 0 Å². The lowest BCUT2D eigenvalue weighted by Crippen LogP contribution is -2.62. The molecule has 0 radical (unpaired) electrons. The van der Waals surface area contributed by atoms with Gasteiger partial charge in [-0.25, -0.2) is 0 Å². The molecular formula is C20H46B3N3. The summed E-state index contributed by atoms with van der Waals surface area (Å²) in [5.41, 5.74) is 0. The quantitative estimate of drug-likeness (QED) is 0.303. The van der Waals surface area contributed by atoms with E-state index in [1.54, 1.807) is 0 Å². The maximum Gasteiger partial charge on any atom is 0.270 e. The van der Waals surface area contributed by atoms with E-state index >= 15 is 0 Å². The van der Waals surface area contributed by atoms with Gasteiger partial charge >= 0.3 is 0 Å². The second-order valence-electron chi connectivity index (χ2n) is 8.60. The van der Waals surface area contributed by atoms with Crippen LogP contribution in [0.2, 0.25) is 0 Å². The molecule has 26 heavy (non-hydrogen) atoms. The SMILES string of the molecule is CCCCCCN1BN(CCCCCC)BN(CC(CC)CCCC)B1. The van der Waals surface area contributed by atoms with Crippen LogP contribution in [-0.4, -0.2) is 56.4 Å². The Morgan fingerprint density at radius 3 is 1.54 bits per heavy atom. The van der Waals surface area contributed by atoms with E-state index in [0.717, 1.165) is 5.92 Å². The Kier molecular flexibility index (Phi) is 14.9. The summed E-state index contributed by atoms with van der Waals surface area (Å²) in [5, 5.41) is 0. The fourth-order valence-electron chi connectivity index (χ4n) is 4.19. The minimum atomic E-state index is 0.886. The van der Waals surface area contributed by atoms with Crippen LogP contribution in [0.15, 0.2) is 0 Å². The third-order valence-corrected chi connectivity index (χ3v) is 5.92. The molecule has 0 aliphatic carbocycles. The third kappa shape index (κ3) is 11.0. The Balaban J connectivity index is 2.48. The van der Waals surface area contributed by atoms with Crippen molar-refractivity contribution in [3.8, 4) is 0 Å². The maximum absolute atomic E-state index is 2.74. The Morgan fingerprint density at radius 2 is 1.08 bits per heavy atom. The predicted octanol–water partition coefficient (Wildman–Crippen LogP) is 4.08. The molecule has 1 unspecified atom stereocenters. The van der Waals surface area contributed by atoms with Crippen molar-refractivity contribution in [1.29, 1.82) is 0 Å². The standard InChI is InChI=1S/C20H46B3N3/c1-5-9-12-14-17-24-21-25(18-15-13-10-6-2)23-26(22-24)19-20(8-4)16-11-7-3/h20-23H,5-19H2,1-4H3. The van der Waals surface area contributed by atoms with E-state index < -0.39 is 0 Å². The van der Waals surface area contributed by atoms with Crippen molar-refractivity contribution in [1.82, 2.24) is 14.2 Å². The molecule has 0 N–H and O–H groups in total. The van der Waals surface area contributed by atoms with Crippen LogP contribution >= 0.6 is 0 Å². The molecule has 1 fully saturated rings. The molecular weight excluding hydrogens is 315 g/mol. The molecule has 1 aliphatic rings. The van der Waals surface area contributed by atoms with Crippen LogP contribution in [0.4, 0.5) is 0 Å². The van der Waals surface area contributed by atoms with E-state index in [4.69, 9.17) is 0 Å². The zero-order valence-corrected chi connectivity index (χ0v) is 18.6. The summed E-state index contributed by atoms with van der Waals surface area (Å²) in [5.74, 6) is 0.886. The van der Waals surface area contributed by atoms with Gasteiger partial charge in [0.05, 0.1) is 0 Å². The molecule has 0 saturated carbocycles. The Hall–Kier alpha value is 0.0748. The highest BCUT2D eigenvalue weighted by Crippen LogP contribution is 2.16. The highest BCUT2D eigenvalue weighted by atomic mass is 15.3. The number of nitrogens with zero attached hydrogens (tertiary/aromatic N) is 3. The van der Waals surface area contributed by atoms with Crippen LogP contribution in [0.1, 0.15) is 105 Å². The predicted molar refractivity (Wildman–Crippen MR) is 123 cm³/mol. The van der Waals surface area contributed by atoms with Crippen molar-refractivity contribution in [3.05, 3.63) is 0 Å². The molecule has 1 rings (SSSR count). The van der Waals surface area contributed by atoms with Gasteiger partial charge in [-0.3, -0.25) is 0 Å². The minimum Gasteiger partial charge on any atom is -0.363 e. The van der Waals surface area contributed by atoms with Gasteiger partial charge in [0, 0.05) is 0 Å². The van der Waals surface area contributed by atoms with Crippen LogP contribution in [0.3, 0.4) is 0 Å². The molecule has 3 nitrogen and oxygen atoms in total. The number of hydrogen-bond acceptors (Lipinski definition) is 3. The molecule has 1 saturated heterocycles. The minimum absolute atomic E-state index is 0.886. The first-order chi connectivity index (χ1) is 12.7. The topological polar surface area (TPSA) is 9.72 Å². The summed E-state index contributed by atoms with van der Waals surface area (Å²) in [6.45, 7) is 13.2. The highest BCUT2D eigenvalue weighted by Gasteiger charge is 2.28. The van der Waals surface area contributed by atoms with E-state index in [1.165, 1.54) is 119 Å². The van der Waals surface area contributed by atoms with Gasteiger partial charge in [0.2, 0.25) is 0 Å². The summed E-state index contributed by atoms with van der Waals surface area (Å²) >= 11 is 0. The lowest BCUT2D eigenvalue weighted by molar-refractivity contribution is 0.368. The number of unbranched alkanes of at least 4 members (excludes halogenated alkanes) is 7. The molecule has 0 spiro atoms. The molecule has 6 heteroatoms. The normalized spacial score (nSPS) is 17.5. The van der Waals surface area contributed by atoms with Gasteiger partial charge in [-0.05, 0) is 44.8 Å². The summed E-state index contributed by atoms with van der Waals surface area (Å²) in [6.07, 6.45) is 16.5. The van der Waals surface area contributed by atoms with Crippen molar-refractivity contribution >= 4 is 22.6 Å². The van der Waals surface area contributed by atoms with E-state index in [-0.39, 0.29) is 0 Å². The first-order valence-electron chi connectivity index (χ1n) is 11.9. The fourth-order valence-corrected chi connectivity index (χ4v) is 4.19. The zero-order chi connectivity index (χ0) is 19.0.